The van der Waals surface area contributed by atoms with Gasteiger partial charge in [-0.2, -0.15) is 4.98 Å². The molecule has 0 saturated carbocycles. The molecule has 0 spiro atoms. The molecule has 0 atom stereocenters. The van der Waals surface area contributed by atoms with E-state index in [1.807, 2.05) is 13.8 Å². The summed E-state index contributed by atoms with van der Waals surface area (Å²) in [7, 11) is 0. The molecule has 1 aromatic heterocycles. The van der Waals surface area contributed by atoms with Crippen LogP contribution in [0.5, 0.6) is 5.88 Å². The van der Waals surface area contributed by atoms with E-state index < -0.39 is 0 Å². The van der Waals surface area contributed by atoms with Crippen LogP contribution in [0.1, 0.15) is 13.8 Å². The lowest BCUT2D eigenvalue weighted by Crippen LogP contribution is -2.09. The van der Waals surface area contributed by atoms with Gasteiger partial charge in [0.25, 0.3) is 0 Å². The summed E-state index contributed by atoms with van der Waals surface area (Å²) in [6.45, 7) is 3.88. The predicted octanol–water partition coefficient (Wildman–Crippen LogP) is 1.45. The second kappa shape index (κ2) is 3.88. The van der Waals surface area contributed by atoms with Gasteiger partial charge in [0.2, 0.25) is 11.8 Å². The molecule has 0 aliphatic carbocycles. The molecule has 1 aromatic rings. The molecule has 0 radical (unpaired) electrons. The van der Waals surface area contributed by atoms with Crippen molar-refractivity contribution in [3.05, 3.63) is 9.77 Å². The van der Waals surface area contributed by atoms with Gasteiger partial charge in [-0.15, -0.1) is 0 Å². The first-order chi connectivity index (χ1) is 5.59. The lowest BCUT2D eigenvalue weighted by Gasteiger charge is -2.09. The zero-order valence-electron chi connectivity index (χ0n) is 6.91. The number of halogens is 1. The molecule has 5 heteroatoms. The average Bonchev–Trinajstić information content (AvgIpc) is 1.96. The van der Waals surface area contributed by atoms with E-state index in [1.54, 1.807) is 6.20 Å². The first-order valence-electron chi connectivity index (χ1n) is 3.54. The van der Waals surface area contributed by atoms with Crippen LogP contribution in [-0.4, -0.2) is 16.1 Å². The molecule has 4 nitrogen and oxygen atoms in total. The molecular weight excluding hydrogens is 269 g/mol. The zero-order chi connectivity index (χ0) is 9.14. The molecule has 1 heterocycles. The van der Waals surface area contributed by atoms with Crippen LogP contribution in [0.4, 0.5) is 5.95 Å². The Balaban J connectivity index is 2.90. The minimum absolute atomic E-state index is 0.104. The summed E-state index contributed by atoms with van der Waals surface area (Å²) in [6, 6.07) is 0. The topological polar surface area (TPSA) is 61.0 Å². The Morgan fingerprint density at radius 3 is 2.83 bits per heavy atom. The maximum absolute atomic E-state index is 5.40. The van der Waals surface area contributed by atoms with Crippen LogP contribution in [0.2, 0.25) is 0 Å². The van der Waals surface area contributed by atoms with E-state index in [9.17, 15) is 0 Å². The van der Waals surface area contributed by atoms with Crippen molar-refractivity contribution in [1.29, 1.82) is 0 Å². The highest BCUT2D eigenvalue weighted by Crippen LogP contribution is 2.18. The fraction of sp³-hybridized carbons (Fsp3) is 0.429. The summed E-state index contributed by atoms with van der Waals surface area (Å²) in [5, 5.41) is 0. The summed E-state index contributed by atoms with van der Waals surface area (Å²) < 4.78 is 6.26. The standard InChI is InChI=1S/C7H10IN3O/c1-4(2)12-6-5(8)3-10-7(9)11-6/h3-4H,1-2H3,(H2,9,10,11). The van der Waals surface area contributed by atoms with Crippen LogP contribution in [0, 0.1) is 3.57 Å². The van der Waals surface area contributed by atoms with Crippen molar-refractivity contribution in [3.8, 4) is 5.88 Å². The molecule has 0 amide bonds. The number of anilines is 1. The number of hydrogen-bond acceptors (Lipinski definition) is 4. The molecule has 1 rings (SSSR count). The van der Waals surface area contributed by atoms with Gasteiger partial charge >= 0.3 is 0 Å². The van der Waals surface area contributed by atoms with Crippen LogP contribution in [-0.2, 0) is 0 Å². The van der Waals surface area contributed by atoms with E-state index in [1.165, 1.54) is 0 Å². The monoisotopic (exact) mass is 279 g/mol. The Labute approximate surface area is 84.7 Å². The summed E-state index contributed by atoms with van der Waals surface area (Å²) in [5.74, 6) is 0.796. The number of nitrogens with two attached hydrogens (primary N) is 1. The predicted molar refractivity (Wildman–Crippen MR) is 54.9 cm³/mol. The number of ether oxygens (including phenoxy) is 1. The summed E-state index contributed by atoms with van der Waals surface area (Å²) in [4.78, 5) is 7.78. The normalized spacial score (nSPS) is 10.3. The summed E-state index contributed by atoms with van der Waals surface area (Å²) in [5.41, 5.74) is 5.40. The minimum Gasteiger partial charge on any atom is -0.474 e. The van der Waals surface area contributed by atoms with Gasteiger partial charge < -0.3 is 10.5 Å². The largest absolute Gasteiger partial charge is 0.474 e. The maximum Gasteiger partial charge on any atom is 0.232 e. The molecule has 0 saturated heterocycles. The Bertz CT molecular complexity index is 277. The van der Waals surface area contributed by atoms with E-state index in [0.29, 0.717) is 5.88 Å². The van der Waals surface area contributed by atoms with Crippen molar-refractivity contribution in [1.82, 2.24) is 9.97 Å². The molecule has 0 bridgehead atoms. The van der Waals surface area contributed by atoms with Gasteiger partial charge in [-0.3, -0.25) is 0 Å². The van der Waals surface area contributed by atoms with Crippen molar-refractivity contribution < 1.29 is 4.74 Å². The minimum atomic E-state index is 0.104. The molecule has 66 valence electrons. The van der Waals surface area contributed by atoms with E-state index in [4.69, 9.17) is 10.5 Å². The van der Waals surface area contributed by atoms with Crippen LogP contribution < -0.4 is 10.5 Å². The van der Waals surface area contributed by atoms with Crippen molar-refractivity contribution >= 4 is 28.5 Å². The van der Waals surface area contributed by atoms with Gasteiger partial charge in [-0.25, -0.2) is 4.98 Å². The fourth-order valence-corrected chi connectivity index (χ4v) is 1.06. The van der Waals surface area contributed by atoms with E-state index in [2.05, 4.69) is 32.6 Å². The second-order valence-corrected chi connectivity index (χ2v) is 3.71. The third-order valence-corrected chi connectivity index (χ3v) is 1.82. The second-order valence-electron chi connectivity index (χ2n) is 2.55. The number of hydrogen-bond donors (Lipinski definition) is 1. The van der Waals surface area contributed by atoms with Gasteiger partial charge in [-0.05, 0) is 36.4 Å². The third kappa shape index (κ3) is 2.47. The van der Waals surface area contributed by atoms with Crippen LogP contribution in [0.15, 0.2) is 6.20 Å². The highest BCUT2D eigenvalue weighted by molar-refractivity contribution is 14.1. The van der Waals surface area contributed by atoms with Crippen LogP contribution in [0.25, 0.3) is 0 Å². The number of rotatable bonds is 2. The third-order valence-electron chi connectivity index (χ3n) is 1.08. The quantitative estimate of drug-likeness (QED) is 0.832. The highest BCUT2D eigenvalue weighted by atomic mass is 127. The van der Waals surface area contributed by atoms with Crippen LogP contribution in [0.3, 0.4) is 0 Å². The SMILES string of the molecule is CC(C)Oc1nc(N)ncc1I. The van der Waals surface area contributed by atoms with Gasteiger partial charge in [0.15, 0.2) is 0 Å². The van der Waals surface area contributed by atoms with E-state index >= 15 is 0 Å². The smallest absolute Gasteiger partial charge is 0.232 e. The molecule has 0 fully saturated rings. The molecule has 0 unspecified atom stereocenters. The average molecular weight is 279 g/mol. The lowest BCUT2D eigenvalue weighted by atomic mass is 10.5. The van der Waals surface area contributed by atoms with E-state index in [-0.39, 0.29) is 12.1 Å². The first kappa shape index (κ1) is 9.50. The molecule has 0 aliphatic rings. The summed E-state index contributed by atoms with van der Waals surface area (Å²) >= 11 is 2.10. The Morgan fingerprint density at radius 1 is 1.58 bits per heavy atom. The van der Waals surface area contributed by atoms with Crippen molar-refractivity contribution in [2.45, 2.75) is 20.0 Å². The lowest BCUT2D eigenvalue weighted by molar-refractivity contribution is 0.230. The molecular formula is C7H10IN3O. The van der Waals surface area contributed by atoms with Gasteiger partial charge in [0.05, 0.1) is 9.67 Å². The number of nitrogen functional groups attached to an aromatic ring is 1. The maximum atomic E-state index is 5.40. The first-order valence-corrected chi connectivity index (χ1v) is 4.62. The Hall–Kier alpha value is -0.590. The Morgan fingerprint density at radius 2 is 2.25 bits per heavy atom. The number of nitrogens with zero attached hydrogens (tertiary/aromatic N) is 2. The van der Waals surface area contributed by atoms with Crippen molar-refractivity contribution in [2.75, 3.05) is 5.73 Å². The van der Waals surface area contributed by atoms with Crippen molar-refractivity contribution in [3.63, 3.8) is 0 Å². The fourth-order valence-electron chi connectivity index (χ4n) is 0.670. The van der Waals surface area contributed by atoms with Crippen molar-refractivity contribution in [2.24, 2.45) is 0 Å². The molecule has 2 N–H and O–H groups in total. The Kier molecular flexibility index (Phi) is 3.07. The molecule has 0 aliphatic heterocycles. The molecule has 12 heavy (non-hydrogen) atoms. The number of aromatic nitrogens is 2. The van der Waals surface area contributed by atoms with Gasteiger partial charge in [0, 0.05) is 6.20 Å². The van der Waals surface area contributed by atoms with Gasteiger partial charge in [-0.1, -0.05) is 0 Å². The summed E-state index contributed by atoms with van der Waals surface area (Å²) in [6.07, 6.45) is 1.74. The van der Waals surface area contributed by atoms with Gasteiger partial charge in [0.1, 0.15) is 0 Å². The molecule has 0 aromatic carbocycles. The van der Waals surface area contributed by atoms with E-state index in [0.717, 1.165) is 3.57 Å². The highest BCUT2D eigenvalue weighted by Gasteiger charge is 2.05. The van der Waals surface area contributed by atoms with Crippen LogP contribution >= 0.6 is 22.6 Å². The zero-order valence-corrected chi connectivity index (χ0v) is 9.07.